The molecule has 12 heteroatoms. The Bertz CT molecular complexity index is 1460. The molecule has 2 aliphatic heterocycles. The maximum atomic E-state index is 13.2. The monoisotopic (exact) mass is 567 g/mol. The Morgan fingerprint density at radius 3 is 2.62 bits per heavy atom. The molecule has 5 rings (SSSR count). The van der Waals surface area contributed by atoms with E-state index >= 15 is 0 Å². The second-order valence-corrected chi connectivity index (χ2v) is 12.2. The Morgan fingerprint density at radius 2 is 1.88 bits per heavy atom. The molecule has 3 heterocycles. The van der Waals surface area contributed by atoms with Crippen molar-refractivity contribution in [3.05, 3.63) is 48.0 Å². The van der Waals surface area contributed by atoms with Crippen molar-refractivity contribution in [1.29, 1.82) is 0 Å². The van der Waals surface area contributed by atoms with Crippen LogP contribution in [-0.4, -0.2) is 70.3 Å². The van der Waals surface area contributed by atoms with Gasteiger partial charge in [-0.3, -0.25) is 0 Å². The molecule has 4 N–H and O–H groups in total. The van der Waals surface area contributed by atoms with E-state index in [1.807, 2.05) is 32.0 Å². The van der Waals surface area contributed by atoms with Gasteiger partial charge in [-0.05, 0) is 38.1 Å². The van der Waals surface area contributed by atoms with Gasteiger partial charge in [0.2, 0.25) is 5.95 Å². The smallest absolute Gasteiger partial charge is 0.231 e. The number of morpholine rings is 1. The standard InChI is InChI=1S/C28H37N7O4S/c1-18(2)30-17-40(36,37)24-8-6-5-7-22(24)31-27-25-19(3)16-29-26(25)33-28(34-27)32-21-10-9-20(15-23(21)38-4)35-11-13-39-14-12-35/h5-10,15,18-19,30H,11-14,16-17H2,1-4H3,(H3,29,31,32,33,34). The Kier molecular flexibility index (Phi) is 8.29. The summed E-state index contributed by atoms with van der Waals surface area (Å²) in [6.45, 7) is 9.67. The van der Waals surface area contributed by atoms with E-state index in [4.69, 9.17) is 19.4 Å². The van der Waals surface area contributed by atoms with Crippen LogP contribution in [0.3, 0.4) is 0 Å². The van der Waals surface area contributed by atoms with Gasteiger partial charge in [-0.15, -0.1) is 0 Å². The number of para-hydroxylation sites is 1. The highest BCUT2D eigenvalue weighted by atomic mass is 32.2. The average molecular weight is 568 g/mol. The molecule has 1 saturated heterocycles. The Morgan fingerprint density at radius 1 is 1.10 bits per heavy atom. The molecule has 0 bridgehead atoms. The molecule has 1 atom stereocenters. The number of ether oxygens (including phenoxy) is 2. The van der Waals surface area contributed by atoms with E-state index in [1.165, 1.54) is 0 Å². The molecule has 1 unspecified atom stereocenters. The average Bonchev–Trinajstić information content (AvgIpc) is 3.33. The lowest BCUT2D eigenvalue weighted by Gasteiger charge is -2.29. The lowest BCUT2D eigenvalue weighted by Crippen LogP contribution is -2.36. The summed E-state index contributed by atoms with van der Waals surface area (Å²) in [5.74, 6) is 2.27. The molecule has 2 aromatic carbocycles. The zero-order chi connectivity index (χ0) is 28.3. The van der Waals surface area contributed by atoms with E-state index in [0.29, 0.717) is 48.8 Å². The number of nitrogens with zero attached hydrogens (tertiary/aromatic N) is 3. The van der Waals surface area contributed by atoms with Crippen LogP contribution in [-0.2, 0) is 14.6 Å². The van der Waals surface area contributed by atoms with Crippen molar-refractivity contribution < 1.29 is 17.9 Å². The zero-order valence-corrected chi connectivity index (χ0v) is 24.1. The van der Waals surface area contributed by atoms with Crippen molar-refractivity contribution in [2.24, 2.45) is 0 Å². The summed E-state index contributed by atoms with van der Waals surface area (Å²) in [6, 6.07) is 12.9. The van der Waals surface area contributed by atoms with Crippen LogP contribution in [0.25, 0.3) is 0 Å². The van der Waals surface area contributed by atoms with Gasteiger partial charge in [0.05, 0.1) is 36.6 Å². The van der Waals surface area contributed by atoms with Crippen LogP contribution in [0.1, 0.15) is 32.3 Å². The number of benzene rings is 2. The van der Waals surface area contributed by atoms with Crippen LogP contribution in [0.15, 0.2) is 47.4 Å². The quantitative estimate of drug-likeness (QED) is 0.283. The van der Waals surface area contributed by atoms with Crippen molar-refractivity contribution in [3.8, 4) is 5.75 Å². The Balaban J connectivity index is 1.46. The van der Waals surface area contributed by atoms with Gasteiger partial charge in [0.1, 0.15) is 23.3 Å². The summed E-state index contributed by atoms with van der Waals surface area (Å²) in [7, 11) is -1.96. The summed E-state index contributed by atoms with van der Waals surface area (Å²) in [5.41, 5.74) is 3.15. The maximum absolute atomic E-state index is 13.2. The minimum atomic E-state index is -3.59. The SMILES string of the molecule is COc1cc(N2CCOCC2)ccc1Nc1nc2c(c(Nc3ccccc3S(=O)(=O)CNC(C)C)n1)C(C)CN2. The first-order chi connectivity index (χ1) is 19.2. The first-order valence-corrected chi connectivity index (χ1v) is 15.2. The van der Waals surface area contributed by atoms with Crippen LogP contribution >= 0.6 is 0 Å². The lowest BCUT2D eigenvalue weighted by molar-refractivity contribution is 0.122. The van der Waals surface area contributed by atoms with Gasteiger partial charge >= 0.3 is 0 Å². The predicted molar refractivity (Wildman–Crippen MR) is 158 cm³/mol. The Hall–Kier alpha value is -3.61. The molecule has 0 aliphatic carbocycles. The highest BCUT2D eigenvalue weighted by molar-refractivity contribution is 7.91. The molecule has 0 radical (unpaired) electrons. The second kappa shape index (κ2) is 11.9. The summed E-state index contributed by atoms with van der Waals surface area (Å²) < 4.78 is 37.5. The number of sulfone groups is 1. The highest BCUT2D eigenvalue weighted by Gasteiger charge is 2.27. The van der Waals surface area contributed by atoms with E-state index in [-0.39, 0.29) is 22.7 Å². The van der Waals surface area contributed by atoms with Crippen molar-refractivity contribution >= 4 is 44.5 Å². The number of hydrogen-bond donors (Lipinski definition) is 4. The van der Waals surface area contributed by atoms with Crippen LogP contribution in [0.2, 0.25) is 0 Å². The fraction of sp³-hybridized carbons (Fsp3) is 0.429. The first-order valence-electron chi connectivity index (χ1n) is 13.5. The van der Waals surface area contributed by atoms with E-state index < -0.39 is 9.84 Å². The number of rotatable bonds is 10. The van der Waals surface area contributed by atoms with Gasteiger partial charge < -0.3 is 35.6 Å². The zero-order valence-electron chi connectivity index (χ0n) is 23.3. The third kappa shape index (κ3) is 6.08. The topological polar surface area (TPSA) is 130 Å². The number of hydrogen-bond acceptors (Lipinski definition) is 11. The molecule has 0 saturated carbocycles. The number of methoxy groups -OCH3 is 1. The fourth-order valence-corrected chi connectivity index (χ4v) is 6.27. The summed E-state index contributed by atoms with van der Waals surface area (Å²) >= 11 is 0. The van der Waals surface area contributed by atoms with Crippen LogP contribution < -0.4 is 30.9 Å². The van der Waals surface area contributed by atoms with E-state index in [9.17, 15) is 8.42 Å². The summed E-state index contributed by atoms with van der Waals surface area (Å²) in [6.07, 6.45) is 0. The van der Waals surface area contributed by atoms with Gasteiger partial charge in [-0.2, -0.15) is 9.97 Å². The van der Waals surface area contributed by atoms with E-state index in [2.05, 4.69) is 33.1 Å². The van der Waals surface area contributed by atoms with Crippen molar-refractivity contribution in [1.82, 2.24) is 15.3 Å². The minimum Gasteiger partial charge on any atom is -0.494 e. The van der Waals surface area contributed by atoms with Crippen molar-refractivity contribution in [3.63, 3.8) is 0 Å². The van der Waals surface area contributed by atoms with E-state index in [1.54, 1.807) is 31.4 Å². The largest absolute Gasteiger partial charge is 0.494 e. The molecule has 3 aromatic rings. The fourth-order valence-electron chi connectivity index (χ4n) is 4.82. The molecule has 11 nitrogen and oxygen atoms in total. The highest BCUT2D eigenvalue weighted by Crippen LogP contribution is 2.39. The van der Waals surface area contributed by atoms with Gasteiger partial charge in [0, 0.05) is 48.9 Å². The molecule has 214 valence electrons. The molecule has 0 amide bonds. The minimum absolute atomic E-state index is 0.0421. The first kappa shape index (κ1) is 27.9. The van der Waals surface area contributed by atoms with Crippen molar-refractivity contribution in [2.75, 3.05) is 66.7 Å². The molecule has 2 aliphatic rings. The predicted octanol–water partition coefficient (Wildman–Crippen LogP) is 4.07. The number of anilines is 6. The van der Waals surface area contributed by atoms with Gasteiger partial charge in [0.25, 0.3) is 0 Å². The van der Waals surface area contributed by atoms with E-state index in [0.717, 1.165) is 30.0 Å². The third-order valence-electron chi connectivity index (χ3n) is 6.98. The van der Waals surface area contributed by atoms with Crippen LogP contribution in [0, 0.1) is 0 Å². The summed E-state index contributed by atoms with van der Waals surface area (Å²) in [5, 5.41) is 13.0. The molecule has 1 fully saturated rings. The molecular formula is C28H37N7O4S. The van der Waals surface area contributed by atoms with Gasteiger partial charge in [0.15, 0.2) is 9.84 Å². The number of nitrogens with one attached hydrogen (secondary N) is 4. The van der Waals surface area contributed by atoms with Crippen molar-refractivity contribution in [2.45, 2.75) is 37.6 Å². The molecule has 1 aromatic heterocycles. The lowest BCUT2D eigenvalue weighted by atomic mass is 10.1. The van der Waals surface area contributed by atoms with Gasteiger partial charge in [-0.25, -0.2) is 8.42 Å². The summed E-state index contributed by atoms with van der Waals surface area (Å²) in [4.78, 5) is 12.0. The third-order valence-corrected chi connectivity index (χ3v) is 8.55. The Labute approximate surface area is 235 Å². The maximum Gasteiger partial charge on any atom is 0.231 e. The number of fused-ring (bicyclic) bond motifs is 1. The van der Waals surface area contributed by atoms with Crippen LogP contribution in [0.5, 0.6) is 5.75 Å². The molecular weight excluding hydrogens is 530 g/mol. The molecule has 40 heavy (non-hydrogen) atoms. The normalized spacial score (nSPS) is 16.9. The van der Waals surface area contributed by atoms with Gasteiger partial charge in [-0.1, -0.05) is 19.1 Å². The number of aromatic nitrogens is 2. The molecule has 0 spiro atoms. The van der Waals surface area contributed by atoms with Crippen LogP contribution in [0.4, 0.5) is 34.6 Å². The second-order valence-electron chi connectivity index (χ2n) is 10.3.